The van der Waals surface area contributed by atoms with Crippen LogP contribution in [0.25, 0.3) is 0 Å². The van der Waals surface area contributed by atoms with E-state index in [0.717, 1.165) is 35.6 Å². The summed E-state index contributed by atoms with van der Waals surface area (Å²) in [5, 5.41) is 3.35. The summed E-state index contributed by atoms with van der Waals surface area (Å²) in [5.41, 5.74) is 4.43. The molecular formula is C29H33N3O2. The molecule has 3 aromatic rings. The molecule has 2 amide bonds. The number of carbonyl (C=O) groups is 2. The zero-order chi connectivity index (χ0) is 24.1. The van der Waals surface area contributed by atoms with Gasteiger partial charge < -0.3 is 15.1 Å². The van der Waals surface area contributed by atoms with Crippen LogP contribution < -0.4 is 15.1 Å². The van der Waals surface area contributed by atoms with Crippen LogP contribution in [0.15, 0.2) is 78.9 Å². The molecule has 1 aliphatic rings. The van der Waals surface area contributed by atoms with Crippen molar-refractivity contribution in [3.8, 4) is 0 Å². The van der Waals surface area contributed by atoms with E-state index in [9.17, 15) is 9.59 Å². The standard InChI is InChI=1S/C29H33N3O2/c1-4-19-30-23-17-15-22(16-18-23)29(34)31-21(3)20-27(25-13-9-10-14-26(25)31)32(28(33)5-2)24-11-7-6-8-12-24/h6-18,21,27,30H,4-5,19-20H2,1-3H3/t21-,27+/m0/s1. The minimum absolute atomic E-state index is 0.0199. The van der Waals surface area contributed by atoms with Crippen LogP contribution in [0.2, 0.25) is 0 Å². The van der Waals surface area contributed by atoms with Crippen LogP contribution in [-0.2, 0) is 4.79 Å². The Bertz CT molecular complexity index is 1130. The monoisotopic (exact) mass is 455 g/mol. The summed E-state index contributed by atoms with van der Waals surface area (Å²) in [6.45, 7) is 6.99. The zero-order valence-electron chi connectivity index (χ0n) is 20.2. The van der Waals surface area contributed by atoms with Crippen LogP contribution in [0.4, 0.5) is 17.1 Å². The zero-order valence-corrected chi connectivity index (χ0v) is 20.2. The molecule has 0 saturated carbocycles. The van der Waals surface area contributed by atoms with Crippen molar-refractivity contribution in [2.24, 2.45) is 0 Å². The average Bonchev–Trinajstić information content (AvgIpc) is 2.88. The van der Waals surface area contributed by atoms with Gasteiger partial charge in [-0.05, 0) is 67.8 Å². The number of benzene rings is 3. The van der Waals surface area contributed by atoms with Gasteiger partial charge in [0.15, 0.2) is 0 Å². The first-order chi connectivity index (χ1) is 16.5. The van der Waals surface area contributed by atoms with E-state index in [1.807, 2.05) is 95.6 Å². The molecule has 5 heteroatoms. The molecule has 4 rings (SSSR count). The lowest BCUT2D eigenvalue weighted by Crippen LogP contribution is -2.47. The maximum atomic E-state index is 13.7. The summed E-state index contributed by atoms with van der Waals surface area (Å²) in [6, 6.07) is 25.3. The van der Waals surface area contributed by atoms with Crippen LogP contribution >= 0.6 is 0 Å². The second-order valence-corrected chi connectivity index (χ2v) is 8.79. The number of rotatable bonds is 7. The molecule has 1 aliphatic heterocycles. The summed E-state index contributed by atoms with van der Waals surface area (Å²) in [7, 11) is 0. The van der Waals surface area contributed by atoms with Crippen molar-refractivity contribution in [1.29, 1.82) is 0 Å². The Morgan fingerprint density at radius 1 is 0.941 bits per heavy atom. The highest BCUT2D eigenvalue weighted by Gasteiger charge is 2.38. The lowest BCUT2D eigenvalue weighted by molar-refractivity contribution is -0.118. The highest BCUT2D eigenvalue weighted by atomic mass is 16.2. The normalized spacial score (nSPS) is 17.1. The van der Waals surface area contributed by atoms with Gasteiger partial charge in [-0.25, -0.2) is 0 Å². The number of nitrogens with zero attached hydrogens (tertiary/aromatic N) is 2. The van der Waals surface area contributed by atoms with Crippen LogP contribution in [0.1, 0.15) is 62.0 Å². The van der Waals surface area contributed by atoms with Gasteiger partial charge in [0.05, 0.1) is 6.04 Å². The Kier molecular flexibility index (Phi) is 7.31. The van der Waals surface area contributed by atoms with Gasteiger partial charge >= 0.3 is 0 Å². The van der Waals surface area contributed by atoms with Gasteiger partial charge in [-0.3, -0.25) is 9.59 Å². The summed E-state index contributed by atoms with van der Waals surface area (Å²) in [4.78, 5) is 30.6. The lowest BCUT2D eigenvalue weighted by atomic mass is 9.89. The van der Waals surface area contributed by atoms with Gasteiger partial charge in [0.25, 0.3) is 5.91 Å². The van der Waals surface area contributed by atoms with E-state index in [4.69, 9.17) is 0 Å². The second kappa shape index (κ2) is 10.6. The van der Waals surface area contributed by atoms with E-state index >= 15 is 0 Å². The van der Waals surface area contributed by atoms with Crippen molar-refractivity contribution in [1.82, 2.24) is 0 Å². The Labute approximate surface area is 202 Å². The van der Waals surface area contributed by atoms with Gasteiger partial charge in [-0.2, -0.15) is 0 Å². The Hall–Kier alpha value is -3.60. The highest BCUT2D eigenvalue weighted by Crippen LogP contribution is 2.42. The van der Waals surface area contributed by atoms with Crippen LogP contribution in [-0.4, -0.2) is 24.4 Å². The Balaban J connectivity index is 1.70. The van der Waals surface area contributed by atoms with E-state index in [1.54, 1.807) is 0 Å². The van der Waals surface area contributed by atoms with Gasteiger partial charge in [0, 0.05) is 41.6 Å². The molecule has 0 radical (unpaired) electrons. The minimum Gasteiger partial charge on any atom is -0.385 e. The molecule has 0 fully saturated rings. The largest absolute Gasteiger partial charge is 0.385 e. The van der Waals surface area contributed by atoms with Gasteiger partial charge in [-0.15, -0.1) is 0 Å². The van der Waals surface area contributed by atoms with E-state index < -0.39 is 0 Å². The second-order valence-electron chi connectivity index (χ2n) is 8.79. The molecule has 176 valence electrons. The van der Waals surface area contributed by atoms with Crippen molar-refractivity contribution < 1.29 is 9.59 Å². The summed E-state index contributed by atoms with van der Waals surface area (Å²) < 4.78 is 0. The van der Waals surface area contributed by atoms with Gasteiger partial charge in [0.2, 0.25) is 5.91 Å². The number of anilines is 3. The lowest BCUT2D eigenvalue weighted by Gasteiger charge is -2.43. The fourth-order valence-electron chi connectivity index (χ4n) is 4.73. The number of para-hydroxylation sites is 2. The predicted octanol–water partition coefficient (Wildman–Crippen LogP) is 6.43. The van der Waals surface area contributed by atoms with Crippen molar-refractivity contribution in [2.45, 2.75) is 52.1 Å². The van der Waals surface area contributed by atoms with Crippen molar-refractivity contribution in [2.75, 3.05) is 21.7 Å². The molecule has 0 spiro atoms. The molecule has 2 atom stereocenters. The number of nitrogens with one attached hydrogen (secondary N) is 1. The van der Waals surface area contributed by atoms with E-state index in [1.165, 1.54) is 0 Å². The Morgan fingerprint density at radius 2 is 1.62 bits per heavy atom. The van der Waals surface area contributed by atoms with Crippen LogP contribution in [0.3, 0.4) is 0 Å². The number of carbonyl (C=O) groups excluding carboxylic acids is 2. The summed E-state index contributed by atoms with van der Waals surface area (Å²) in [6.07, 6.45) is 2.13. The first kappa shape index (κ1) is 23.6. The van der Waals surface area contributed by atoms with E-state index in [-0.39, 0.29) is 23.9 Å². The van der Waals surface area contributed by atoms with E-state index in [2.05, 4.69) is 19.2 Å². The molecule has 0 saturated heterocycles. The molecule has 0 aromatic heterocycles. The molecule has 34 heavy (non-hydrogen) atoms. The third kappa shape index (κ3) is 4.69. The number of hydrogen-bond donors (Lipinski definition) is 1. The first-order valence-electron chi connectivity index (χ1n) is 12.2. The smallest absolute Gasteiger partial charge is 0.258 e. The van der Waals surface area contributed by atoms with Gasteiger partial charge in [-0.1, -0.05) is 50.2 Å². The van der Waals surface area contributed by atoms with Crippen molar-refractivity contribution in [3.05, 3.63) is 90.0 Å². The number of amides is 2. The SMILES string of the molecule is CCCNc1ccc(C(=O)N2c3ccccc3[C@H](N(C(=O)CC)c3ccccc3)C[C@@H]2C)cc1. The van der Waals surface area contributed by atoms with Crippen LogP contribution in [0, 0.1) is 0 Å². The molecule has 5 nitrogen and oxygen atoms in total. The summed E-state index contributed by atoms with van der Waals surface area (Å²) >= 11 is 0. The quantitative estimate of drug-likeness (QED) is 0.446. The molecule has 1 N–H and O–H groups in total. The molecule has 0 bridgehead atoms. The summed E-state index contributed by atoms with van der Waals surface area (Å²) in [5.74, 6) is 0.0571. The topological polar surface area (TPSA) is 52.7 Å². The maximum absolute atomic E-state index is 13.7. The number of fused-ring (bicyclic) bond motifs is 1. The molecule has 3 aromatic carbocycles. The average molecular weight is 456 g/mol. The van der Waals surface area contributed by atoms with Crippen molar-refractivity contribution in [3.63, 3.8) is 0 Å². The first-order valence-corrected chi connectivity index (χ1v) is 12.2. The molecule has 1 heterocycles. The molecule has 0 unspecified atom stereocenters. The minimum atomic E-state index is -0.134. The van der Waals surface area contributed by atoms with Gasteiger partial charge in [0.1, 0.15) is 0 Å². The fraction of sp³-hybridized carbons (Fsp3) is 0.310. The maximum Gasteiger partial charge on any atom is 0.258 e. The fourth-order valence-corrected chi connectivity index (χ4v) is 4.73. The molecular weight excluding hydrogens is 422 g/mol. The predicted molar refractivity (Wildman–Crippen MR) is 140 cm³/mol. The van der Waals surface area contributed by atoms with E-state index in [0.29, 0.717) is 18.4 Å². The van der Waals surface area contributed by atoms with Crippen LogP contribution in [0.5, 0.6) is 0 Å². The van der Waals surface area contributed by atoms with Crippen molar-refractivity contribution >= 4 is 28.9 Å². The number of hydrogen-bond acceptors (Lipinski definition) is 3. The Morgan fingerprint density at radius 3 is 2.29 bits per heavy atom. The third-order valence-corrected chi connectivity index (χ3v) is 6.41. The highest BCUT2D eigenvalue weighted by molar-refractivity contribution is 6.07. The molecule has 0 aliphatic carbocycles. The third-order valence-electron chi connectivity index (χ3n) is 6.41.